The molecule has 0 bridgehead atoms. The fourth-order valence-corrected chi connectivity index (χ4v) is 2.30. The van der Waals surface area contributed by atoms with Gasteiger partial charge >= 0.3 is 0 Å². The van der Waals surface area contributed by atoms with Gasteiger partial charge in [0.2, 0.25) is 0 Å². The minimum Gasteiger partial charge on any atom is -0.123 e. The number of halogens is 1. The van der Waals surface area contributed by atoms with Crippen LogP contribution in [0.4, 0.5) is 0 Å². The summed E-state index contributed by atoms with van der Waals surface area (Å²) in [5.41, 5.74) is 0. The standard InChI is InChI=1S/C15H31Cl/c1-4-5-11-14(2)12-9-7-6-8-10-13-15(3)16/h14-15H,4-13H2,1-3H3. The van der Waals surface area contributed by atoms with E-state index in [1.54, 1.807) is 0 Å². The summed E-state index contributed by atoms with van der Waals surface area (Å²) in [7, 11) is 0. The van der Waals surface area contributed by atoms with Gasteiger partial charge in [0.05, 0.1) is 0 Å². The second kappa shape index (κ2) is 11.8. The maximum Gasteiger partial charge on any atom is 0.0307 e. The van der Waals surface area contributed by atoms with Crippen molar-refractivity contribution >= 4 is 11.6 Å². The van der Waals surface area contributed by atoms with Crippen LogP contribution < -0.4 is 0 Å². The third-order valence-corrected chi connectivity index (χ3v) is 3.57. The lowest BCUT2D eigenvalue weighted by molar-refractivity contribution is 0.441. The first-order valence-corrected chi connectivity index (χ1v) is 7.74. The lowest BCUT2D eigenvalue weighted by Gasteiger charge is -2.10. The molecule has 0 amide bonds. The minimum atomic E-state index is 0.370. The van der Waals surface area contributed by atoms with Crippen molar-refractivity contribution in [2.75, 3.05) is 0 Å². The van der Waals surface area contributed by atoms with E-state index in [4.69, 9.17) is 11.6 Å². The average molecular weight is 247 g/mol. The molecule has 0 aromatic heterocycles. The third-order valence-electron chi connectivity index (χ3n) is 3.35. The normalized spacial score (nSPS) is 15.0. The van der Waals surface area contributed by atoms with E-state index >= 15 is 0 Å². The Labute approximate surface area is 108 Å². The Morgan fingerprint density at radius 2 is 1.25 bits per heavy atom. The van der Waals surface area contributed by atoms with E-state index in [1.165, 1.54) is 64.2 Å². The number of hydrogen-bond acceptors (Lipinski definition) is 0. The second-order valence-corrected chi connectivity index (χ2v) is 6.12. The van der Waals surface area contributed by atoms with Crippen molar-refractivity contribution in [3.05, 3.63) is 0 Å². The van der Waals surface area contributed by atoms with Crippen molar-refractivity contribution in [1.29, 1.82) is 0 Å². The molecular weight excluding hydrogens is 216 g/mol. The zero-order valence-electron chi connectivity index (χ0n) is 11.6. The number of unbranched alkanes of at least 4 members (excludes halogenated alkanes) is 5. The van der Waals surface area contributed by atoms with E-state index in [2.05, 4.69) is 20.8 Å². The summed E-state index contributed by atoms with van der Waals surface area (Å²) in [4.78, 5) is 0. The molecular formula is C15H31Cl. The molecule has 98 valence electrons. The van der Waals surface area contributed by atoms with Crippen molar-refractivity contribution in [2.45, 2.75) is 90.4 Å². The highest BCUT2D eigenvalue weighted by atomic mass is 35.5. The highest BCUT2D eigenvalue weighted by Crippen LogP contribution is 2.17. The Kier molecular flexibility index (Phi) is 12.0. The summed E-state index contributed by atoms with van der Waals surface area (Å²) in [6.07, 6.45) is 13.8. The summed E-state index contributed by atoms with van der Waals surface area (Å²) in [5.74, 6) is 0.947. The molecule has 1 heteroatoms. The quantitative estimate of drug-likeness (QED) is 0.302. The zero-order valence-corrected chi connectivity index (χ0v) is 12.4. The van der Waals surface area contributed by atoms with Gasteiger partial charge in [-0.05, 0) is 19.3 Å². The molecule has 0 radical (unpaired) electrons. The first-order valence-electron chi connectivity index (χ1n) is 7.30. The molecule has 16 heavy (non-hydrogen) atoms. The largest absolute Gasteiger partial charge is 0.123 e. The van der Waals surface area contributed by atoms with Crippen molar-refractivity contribution in [3.63, 3.8) is 0 Å². The van der Waals surface area contributed by atoms with Gasteiger partial charge in [-0.15, -0.1) is 11.6 Å². The Morgan fingerprint density at radius 3 is 1.81 bits per heavy atom. The molecule has 2 atom stereocenters. The van der Waals surface area contributed by atoms with Crippen LogP contribution in [0.1, 0.15) is 85.0 Å². The Hall–Kier alpha value is 0.290. The van der Waals surface area contributed by atoms with Gasteiger partial charge in [-0.25, -0.2) is 0 Å². The van der Waals surface area contributed by atoms with Gasteiger partial charge in [-0.3, -0.25) is 0 Å². The van der Waals surface area contributed by atoms with Gasteiger partial charge in [-0.2, -0.15) is 0 Å². The molecule has 0 saturated heterocycles. The van der Waals surface area contributed by atoms with E-state index < -0.39 is 0 Å². The Morgan fingerprint density at radius 1 is 0.750 bits per heavy atom. The summed E-state index contributed by atoms with van der Waals surface area (Å²) < 4.78 is 0. The zero-order chi connectivity index (χ0) is 12.2. The predicted octanol–water partition coefficient (Wildman–Crippen LogP) is 6.17. The van der Waals surface area contributed by atoms with Crippen LogP contribution in [0.25, 0.3) is 0 Å². The molecule has 0 N–H and O–H groups in total. The number of rotatable bonds is 11. The van der Waals surface area contributed by atoms with Crippen LogP contribution in [0.2, 0.25) is 0 Å². The summed E-state index contributed by atoms with van der Waals surface area (Å²) in [6, 6.07) is 0. The monoisotopic (exact) mass is 246 g/mol. The maximum atomic E-state index is 5.91. The van der Waals surface area contributed by atoms with E-state index in [9.17, 15) is 0 Å². The summed E-state index contributed by atoms with van der Waals surface area (Å²) >= 11 is 5.91. The molecule has 0 aromatic carbocycles. The van der Waals surface area contributed by atoms with Crippen LogP contribution in [-0.2, 0) is 0 Å². The molecule has 0 aliphatic heterocycles. The van der Waals surface area contributed by atoms with Crippen LogP contribution in [0.5, 0.6) is 0 Å². The van der Waals surface area contributed by atoms with Crippen LogP contribution in [0.3, 0.4) is 0 Å². The summed E-state index contributed by atoms with van der Waals surface area (Å²) in [5, 5.41) is 0.370. The van der Waals surface area contributed by atoms with Gasteiger partial charge in [0.1, 0.15) is 0 Å². The Balaban J connectivity index is 3.08. The molecule has 0 rings (SSSR count). The van der Waals surface area contributed by atoms with Crippen LogP contribution >= 0.6 is 11.6 Å². The second-order valence-electron chi connectivity index (χ2n) is 5.37. The fourth-order valence-electron chi connectivity index (χ4n) is 2.15. The molecule has 2 unspecified atom stereocenters. The van der Waals surface area contributed by atoms with Crippen LogP contribution in [0.15, 0.2) is 0 Å². The lowest BCUT2D eigenvalue weighted by atomic mass is 9.97. The molecule has 0 aliphatic rings. The van der Waals surface area contributed by atoms with Gasteiger partial charge in [0.15, 0.2) is 0 Å². The van der Waals surface area contributed by atoms with Gasteiger partial charge in [-0.1, -0.05) is 71.6 Å². The Bertz CT molecular complexity index is 131. The van der Waals surface area contributed by atoms with Crippen molar-refractivity contribution < 1.29 is 0 Å². The van der Waals surface area contributed by atoms with Gasteiger partial charge in [0, 0.05) is 5.38 Å². The van der Waals surface area contributed by atoms with E-state index in [0.29, 0.717) is 5.38 Å². The minimum absolute atomic E-state index is 0.370. The average Bonchev–Trinajstić information content (AvgIpc) is 2.24. The molecule has 0 heterocycles. The molecule has 0 aromatic rings. The van der Waals surface area contributed by atoms with Crippen LogP contribution in [0, 0.1) is 5.92 Å². The summed E-state index contributed by atoms with van der Waals surface area (Å²) in [6.45, 7) is 6.78. The maximum absolute atomic E-state index is 5.91. The molecule has 0 aliphatic carbocycles. The van der Waals surface area contributed by atoms with Crippen LogP contribution in [-0.4, -0.2) is 5.38 Å². The van der Waals surface area contributed by atoms with Crippen molar-refractivity contribution in [2.24, 2.45) is 5.92 Å². The van der Waals surface area contributed by atoms with E-state index in [1.807, 2.05) is 0 Å². The number of hydrogen-bond donors (Lipinski definition) is 0. The first kappa shape index (κ1) is 16.3. The molecule has 0 spiro atoms. The van der Waals surface area contributed by atoms with Gasteiger partial charge in [0.25, 0.3) is 0 Å². The highest BCUT2D eigenvalue weighted by Gasteiger charge is 2.01. The number of alkyl halides is 1. The van der Waals surface area contributed by atoms with Gasteiger partial charge < -0.3 is 0 Å². The van der Waals surface area contributed by atoms with Crippen molar-refractivity contribution in [1.82, 2.24) is 0 Å². The fraction of sp³-hybridized carbons (Fsp3) is 1.00. The molecule has 0 saturated carbocycles. The van der Waals surface area contributed by atoms with E-state index in [0.717, 1.165) is 5.92 Å². The molecule has 0 fully saturated rings. The van der Waals surface area contributed by atoms with E-state index in [-0.39, 0.29) is 0 Å². The SMILES string of the molecule is CCCCC(C)CCCCCCCC(C)Cl. The lowest BCUT2D eigenvalue weighted by Crippen LogP contribution is -1.94. The third kappa shape index (κ3) is 12.4. The predicted molar refractivity (Wildman–Crippen MR) is 76.3 cm³/mol. The first-order chi connectivity index (χ1) is 7.66. The van der Waals surface area contributed by atoms with Crippen molar-refractivity contribution in [3.8, 4) is 0 Å². The topological polar surface area (TPSA) is 0 Å². The highest BCUT2D eigenvalue weighted by molar-refractivity contribution is 6.20. The molecule has 0 nitrogen and oxygen atoms in total. The smallest absolute Gasteiger partial charge is 0.0307 e.